The van der Waals surface area contributed by atoms with E-state index in [4.69, 9.17) is 10.1 Å². The summed E-state index contributed by atoms with van der Waals surface area (Å²) in [6, 6.07) is 9.73. The van der Waals surface area contributed by atoms with Crippen molar-refractivity contribution in [1.82, 2.24) is 19.7 Å². The summed E-state index contributed by atoms with van der Waals surface area (Å²) in [6.07, 6.45) is 9.45. The molecule has 0 aliphatic rings. The maximum absolute atomic E-state index is 11.5. The van der Waals surface area contributed by atoms with E-state index < -0.39 is 5.97 Å². The Balaban J connectivity index is 1.79. The van der Waals surface area contributed by atoms with Crippen LogP contribution >= 0.6 is 0 Å². The second-order valence-electron chi connectivity index (χ2n) is 8.41. The summed E-state index contributed by atoms with van der Waals surface area (Å²) in [7, 11) is 0. The fourth-order valence-corrected chi connectivity index (χ4v) is 3.57. The lowest BCUT2D eigenvalue weighted by Gasteiger charge is -2.09. The Morgan fingerprint density at radius 3 is 2.55 bits per heavy atom. The van der Waals surface area contributed by atoms with E-state index in [2.05, 4.69) is 25.8 Å². The van der Waals surface area contributed by atoms with Crippen LogP contribution in [0.4, 0.5) is 0 Å². The molecule has 1 N–H and O–H groups in total. The molecule has 31 heavy (non-hydrogen) atoms. The quantitative estimate of drug-likeness (QED) is 0.420. The zero-order chi connectivity index (χ0) is 22.2. The second-order valence-corrected chi connectivity index (χ2v) is 8.41. The molecule has 0 amide bonds. The predicted molar refractivity (Wildman–Crippen MR) is 122 cm³/mol. The topological polar surface area (TPSA) is 80.9 Å². The van der Waals surface area contributed by atoms with E-state index in [1.165, 1.54) is 19.0 Å². The lowest BCUT2D eigenvalue weighted by Crippen LogP contribution is -2.07. The largest absolute Gasteiger partial charge is 0.478 e. The molecule has 0 spiro atoms. The Bertz CT molecular complexity index is 993. The van der Waals surface area contributed by atoms with E-state index in [0.717, 1.165) is 48.5 Å². The monoisotopic (exact) mass is 420 g/mol. The van der Waals surface area contributed by atoms with E-state index in [1.807, 2.05) is 28.9 Å². The first-order chi connectivity index (χ1) is 15.0. The van der Waals surface area contributed by atoms with Crippen LogP contribution in [0.15, 0.2) is 42.7 Å². The number of carboxylic acid groups (broad SMARTS) is 1. The van der Waals surface area contributed by atoms with Gasteiger partial charge in [0.15, 0.2) is 5.82 Å². The fraction of sp³-hybridized carbons (Fsp3) is 0.440. The van der Waals surface area contributed by atoms with Gasteiger partial charge in [-0.1, -0.05) is 57.9 Å². The standard InChI is InChI=1S/C25H32N4O2/c1-4-5-6-7-24-27-23(13-8-18(2)3)28-29(24)17-19-9-11-20(12-10-19)21-14-15-26-16-22(21)25(30)31/h9-12,14-16,18H,4-8,13,17H2,1-3H3,(H,30,31). The number of benzene rings is 1. The minimum atomic E-state index is -0.972. The molecule has 0 fully saturated rings. The van der Waals surface area contributed by atoms with Gasteiger partial charge < -0.3 is 5.11 Å². The molecule has 2 aromatic heterocycles. The molecule has 0 atom stereocenters. The van der Waals surface area contributed by atoms with Crippen LogP contribution < -0.4 is 0 Å². The molecular weight excluding hydrogens is 388 g/mol. The van der Waals surface area contributed by atoms with Gasteiger partial charge in [0.2, 0.25) is 0 Å². The smallest absolute Gasteiger partial charge is 0.337 e. The molecule has 3 aromatic rings. The lowest BCUT2D eigenvalue weighted by molar-refractivity contribution is 0.0697. The number of aromatic carboxylic acids is 1. The van der Waals surface area contributed by atoms with Crippen LogP contribution in [0.2, 0.25) is 0 Å². The molecule has 3 rings (SSSR count). The summed E-state index contributed by atoms with van der Waals surface area (Å²) < 4.78 is 2.04. The number of aromatic nitrogens is 4. The number of carboxylic acids is 1. The van der Waals surface area contributed by atoms with E-state index >= 15 is 0 Å². The molecule has 164 valence electrons. The summed E-state index contributed by atoms with van der Waals surface area (Å²) >= 11 is 0. The van der Waals surface area contributed by atoms with Gasteiger partial charge in [-0.15, -0.1) is 0 Å². The first-order valence-corrected chi connectivity index (χ1v) is 11.2. The van der Waals surface area contributed by atoms with Crippen molar-refractivity contribution < 1.29 is 9.90 Å². The number of aryl methyl sites for hydroxylation is 2. The highest BCUT2D eigenvalue weighted by atomic mass is 16.4. The summed E-state index contributed by atoms with van der Waals surface area (Å²) in [5.41, 5.74) is 2.86. The van der Waals surface area contributed by atoms with Crippen molar-refractivity contribution in [2.24, 2.45) is 5.92 Å². The number of carbonyl (C=O) groups is 1. The van der Waals surface area contributed by atoms with Crippen LogP contribution in [0.5, 0.6) is 0 Å². The first kappa shape index (κ1) is 22.7. The van der Waals surface area contributed by atoms with Crippen molar-refractivity contribution >= 4 is 5.97 Å². The van der Waals surface area contributed by atoms with Crippen LogP contribution in [-0.4, -0.2) is 30.8 Å². The van der Waals surface area contributed by atoms with Crippen LogP contribution in [0.25, 0.3) is 11.1 Å². The highest BCUT2D eigenvalue weighted by Crippen LogP contribution is 2.24. The minimum absolute atomic E-state index is 0.208. The van der Waals surface area contributed by atoms with Gasteiger partial charge in [-0.3, -0.25) is 4.98 Å². The summed E-state index contributed by atoms with van der Waals surface area (Å²) in [5.74, 6) is 1.64. The number of nitrogens with zero attached hydrogens (tertiary/aromatic N) is 4. The molecule has 0 unspecified atom stereocenters. The van der Waals surface area contributed by atoms with Gasteiger partial charge in [0.05, 0.1) is 12.1 Å². The van der Waals surface area contributed by atoms with Gasteiger partial charge in [0.25, 0.3) is 0 Å². The van der Waals surface area contributed by atoms with Gasteiger partial charge in [-0.2, -0.15) is 5.10 Å². The van der Waals surface area contributed by atoms with Crippen LogP contribution in [-0.2, 0) is 19.4 Å². The predicted octanol–water partition coefficient (Wildman–Crippen LogP) is 5.41. The molecule has 0 bridgehead atoms. The fourth-order valence-electron chi connectivity index (χ4n) is 3.57. The van der Waals surface area contributed by atoms with Gasteiger partial charge in [0, 0.05) is 25.2 Å². The molecule has 2 heterocycles. The molecule has 6 heteroatoms. The first-order valence-electron chi connectivity index (χ1n) is 11.2. The zero-order valence-corrected chi connectivity index (χ0v) is 18.7. The van der Waals surface area contributed by atoms with Gasteiger partial charge in [0.1, 0.15) is 5.82 Å². The van der Waals surface area contributed by atoms with E-state index in [9.17, 15) is 9.90 Å². The maximum Gasteiger partial charge on any atom is 0.337 e. The SMILES string of the molecule is CCCCCc1nc(CCC(C)C)nn1Cc1ccc(-c2ccncc2C(=O)O)cc1. The van der Waals surface area contributed by atoms with E-state index in [0.29, 0.717) is 18.0 Å². The molecule has 1 aromatic carbocycles. The van der Waals surface area contributed by atoms with Gasteiger partial charge in [-0.05, 0) is 41.5 Å². The summed E-state index contributed by atoms with van der Waals surface area (Å²) in [4.78, 5) is 20.2. The molecular formula is C25H32N4O2. The molecule has 0 aliphatic heterocycles. The number of rotatable bonds is 11. The Kier molecular flexibility index (Phi) is 7.93. The molecule has 0 saturated heterocycles. The van der Waals surface area contributed by atoms with Crippen molar-refractivity contribution in [3.8, 4) is 11.1 Å². The van der Waals surface area contributed by atoms with E-state index in [-0.39, 0.29) is 5.56 Å². The number of hydrogen-bond acceptors (Lipinski definition) is 4. The molecule has 0 saturated carbocycles. The third-order valence-electron chi connectivity index (χ3n) is 5.39. The van der Waals surface area contributed by atoms with Crippen molar-refractivity contribution in [3.63, 3.8) is 0 Å². The number of hydrogen-bond donors (Lipinski definition) is 1. The normalized spacial score (nSPS) is 11.2. The van der Waals surface area contributed by atoms with Crippen molar-refractivity contribution in [2.75, 3.05) is 0 Å². The van der Waals surface area contributed by atoms with Crippen molar-refractivity contribution in [3.05, 3.63) is 65.5 Å². The number of pyridine rings is 1. The Hall–Kier alpha value is -3.02. The number of unbranched alkanes of at least 4 members (excludes halogenated alkanes) is 2. The van der Waals surface area contributed by atoms with E-state index in [1.54, 1.807) is 12.3 Å². The summed E-state index contributed by atoms with van der Waals surface area (Å²) in [5, 5.41) is 14.2. The average Bonchev–Trinajstić information content (AvgIpc) is 3.14. The Labute approximate surface area is 184 Å². The third kappa shape index (κ3) is 6.23. The maximum atomic E-state index is 11.5. The van der Waals surface area contributed by atoms with Crippen LogP contribution in [0.1, 0.15) is 74.0 Å². The summed E-state index contributed by atoms with van der Waals surface area (Å²) in [6.45, 7) is 7.32. The van der Waals surface area contributed by atoms with Crippen LogP contribution in [0, 0.1) is 5.92 Å². The second kappa shape index (κ2) is 10.8. The zero-order valence-electron chi connectivity index (χ0n) is 18.7. The average molecular weight is 421 g/mol. The Morgan fingerprint density at radius 2 is 1.87 bits per heavy atom. The van der Waals surface area contributed by atoms with Crippen molar-refractivity contribution in [1.29, 1.82) is 0 Å². The minimum Gasteiger partial charge on any atom is -0.478 e. The molecule has 0 aliphatic carbocycles. The Morgan fingerprint density at radius 1 is 1.10 bits per heavy atom. The van der Waals surface area contributed by atoms with Gasteiger partial charge in [-0.25, -0.2) is 14.5 Å². The van der Waals surface area contributed by atoms with Gasteiger partial charge >= 0.3 is 5.97 Å². The lowest BCUT2D eigenvalue weighted by atomic mass is 10.0. The molecule has 0 radical (unpaired) electrons. The highest BCUT2D eigenvalue weighted by Gasteiger charge is 2.13. The van der Waals surface area contributed by atoms with Crippen LogP contribution in [0.3, 0.4) is 0 Å². The molecule has 6 nitrogen and oxygen atoms in total. The third-order valence-corrected chi connectivity index (χ3v) is 5.39. The van der Waals surface area contributed by atoms with Crippen molar-refractivity contribution in [2.45, 2.75) is 65.8 Å². The highest BCUT2D eigenvalue weighted by molar-refractivity contribution is 5.95.